The van der Waals surface area contributed by atoms with Crippen molar-refractivity contribution in [1.29, 1.82) is 0 Å². The number of unbranched alkanes of at least 4 members (excludes halogenated alkanes) is 1. The number of hydrogen-bond acceptors (Lipinski definition) is 3. The molecule has 1 aromatic carbocycles. The summed E-state index contributed by atoms with van der Waals surface area (Å²) in [5, 5.41) is 0.661. The Hall–Kier alpha value is -1.36. The van der Waals surface area contributed by atoms with Crippen LogP contribution in [-0.2, 0) is 4.74 Å². The van der Waals surface area contributed by atoms with Gasteiger partial charge in [-0.1, -0.05) is 17.7 Å². The van der Waals surface area contributed by atoms with Crippen molar-refractivity contribution in [2.75, 3.05) is 46.4 Å². The van der Waals surface area contributed by atoms with Gasteiger partial charge in [-0.3, -0.25) is 4.79 Å². The molecule has 0 spiro atoms. The molecule has 2 rings (SSSR count). The van der Waals surface area contributed by atoms with Gasteiger partial charge in [-0.25, -0.2) is 0 Å². The Labute approximate surface area is 169 Å². The second-order valence-electron chi connectivity index (χ2n) is 7.40. The second kappa shape index (κ2) is 12.2. The van der Waals surface area contributed by atoms with Crippen LogP contribution in [0.3, 0.4) is 0 Å². The second-order valence-corrected chi connectivity index (χ2v) is 7.84. The third-order valence-electron chi connectivity index (χ3n) is 5.18. The van der Waals surface area contributed by atoms with Crippen molar-refractivity contribution >= 4 is 17.5 Å². The van der Waals surface area contributed by atoms with Gasteiger partial charge in [0.15, 0.2) is 0 Å². The van der Waals surface area contributed by atoms with E-state index in [1.54, 1.807) is 24.3 Å². The molecule has 1 amide bonds. The summed E-state index contributed by atoms with van der Waals surface area (Å²) in [6.45, 7) is 9.14. The number of hydrogen-bond donors (Lipinski definition) is 0. The molecule has 0 radical (unpaired) electrons. The molecule has 150 valence electrons. The lowest BCUT2D eigenvalue weighted by Gasteiger charge is -2.32. The number of likely N-dealkylation sites (N-methyl/N-ethyl adjacent to an activating group) is 1. The minimum Gasteiger partial charge on any atom is -0.381 e. The molecule has 4 nitrogen and oxygen atoms in total. The molecule has 1 aliphatic heterocycles. The summed E-state index contributed by atoms with van der Waals surface area (Å²) in [4.78, 5) is 16.7. The molecule has 0 bridgehead atoms. The van der Waals surface area contributed by atoms with Crippen LogP contribution in [0.25, 0.3) is 0 Å². The third kappa shape index (κ3) is 8.04. The Morgan fingerprint density at radius 2 is 1.96 bits per heavy atom. The molecule has 0 N–H and O–H groups in total. The van der Waals surface area contributed by atoms with Crippen molar-refractivity contribution in [2.45, 2.75) is 32.1 Å². The molecule has 0 aromatic heterocycles. The van der Waals surface area contributed by atoms with Gasteiger partial charge in [-0.2, -0.15) is 0 Å². The van der Waals surface area contributed by atoms with Gasteiger partial charge in [0.25, 0.3) is 5.91 Å². The number of piperidine rings is 1. The van der Waals surface area contributed by atoms with E-state index in [2.05, 4.69) is 18.5 Å². The van der Waals surface area contributed by atoms with E-state index in [0.717, 1.165) is 77.1 Å². The lowest BCUT2D eigenvalue weighted by atomic mass is 9.93. The predicted octanol–water partition coefficient (Wildman–Crippen LogP) is 4.50. The van der Waals surface area contributed by atoms with Crippen molar-refractivity contribution in [3.63, 3.8) is 0 Å². The van der Waals surface area contributed by atoms with Gasteiger partial charge >= 0.3 is 0 Å². The average Bonchev–Trinajstić information content (AvgIpc) is 2.68. The number of benzene rings is 1. The predicted molar refractivity (Wildman–Crippen MR) is 112 cm³/mol. The molecule has 1 saturated heterocycles. The zero-order valence-corrected chi connectivity index (χ0v) is 17.3. The van der Waals surface area contributed by atoms with Crippen LogP contribution in [0.2, 0.25) is 5.02 Å². The molecule has 1 aliphatic rings. The summed E-state index contributed by atoms with van der Waals surface area (Å²) in [5.41, 5.74) is 0.722. The van der Waals surface area contributed by atoms with Crippen molar-refractivity contribution < 1.29 is 9.53 Å². The lowest BCUT2D eigenvalue weighted by Crippen LogP contribution is -2.38. The van der Waals surface area contributed by atoms with Crippen LogP contribution in [0.5, 0.6) is 0 Å². The first-order chi connectivity index (χ1) is 13.1. The molecular formula is C22H33ClN2O2. The Morgan fingerprint density at radius 3 is 2.63 bits per heavy atom. The SMILES string of the molecule is C=CCN(C)CCCCOCCC1CCN(C(=O)c2ccc(Cl)cc2)CC1. The van der Waals surface area contributed by atoms with Crippen LogP contribution in [-0.4, -0.2) is 62.1 Å². The van der Waals surface area contributed by atoms with Gasteiger partial charge in [0.1, 0.15) is 0 Å². The van der Waals surface area contributed by atoms with Gasteiger partial charge in [0.05, 0.1) is 0 Å². The maximum atomic E-state index is 12.5. The van der Waals surface area contributed by atoms with Crippen molar-refractivity contribution in [2.24, 2.45) is 5.92 Å². The van der Waals surface area contributed by atoms with Crippen molar-refractivity contribution in [1.82, 2.24) is 9.80 Å². The number of amides is 1. The summed E-state index contributed by atoms with van der Waals surface area (Å²) >= 11 is 5.89. The quantitative estimate of drug-likeness (QED) is 0.410. The molecule has 27 heavy (non-hydrogen) atoms. The minimum atomic E-state index is 0.114. The number of ether oxygens (including phenoxy) is 1. The minimum absolute atomic E-state index is 0.114. The van der Waals surface area contributed by atoms with E-state index in [4.69, 9.17) is 16.3 Å². The average molecular weight is 393 g/mol. The van der Waals surface area contributed by atoms with Crippen molar-refractivity contribution in [3.8, 4) is 0 Å². The molecule has 1 aromatic rings. The molecule has 0 atom stereocenters. The van der Waals surface area contributed by atoms with Gasteiger partial charge in [0, 0.05) is 43.4 Å². The number of halogens is 1. The zero-order chi connectivity index (χ0) is 19.5. The summed E-state index contributed by atoms with van der Waals surface area (Å²) in [5.74, 6) is 0.779. The number of carbonyl (C=O) groups excluding carboxylic acids is 1. The highest BCUT2D eigenvalue weighted by Gasteiger charge is 2.23. The fourth-order valence-corrected chi connectivity index (χ4v) is 3.58. The Kier molecular flexibility index (Phi) is 9.89. The molecule has 1 fully saturated rings. The summed E-state index contributed by atoms with van der Waals surface area (Å²) in [7, 11) is 2.12. The summed E-state index contributed by atoms with van der Waals surface area (Å²) < 4.78 is 5.80. The fraction of sp³-hybridized carbons (Fsp3) is 0.591. The van der Waals surface area contributed by atoms with Crippen LogP contribution in [0, 0.1) is 5.92 Å². The number of nitrogens with zero attached hydrogens (tertiary/aromatic N) is 2. The highest BCUT2D eigenvalue weighted by atomic mass is 35.5. The zero-order valence-electron chi connectivity index (χ0n) is 16.5. The number of carbonyl (C=O) groups is 1. The first-order valence-corrected chi connectivity index (χ1v) is 10.4. The van der Waals surface area contributed by atoms with E-state index in [0.29, 0.717) is 10.9 Å². The van der Waals surface area contributed by atoms with Gasteiger partial charge in [-0.15, -0.1) is 6.58 Å². The fourth-order valence-electron chi connectivity index (χ4n) is 3.45. The first-order valence-electron chi connectivity index (χ1n) is 10.0. The van der Waals surface area contributed by atoms with Crippen LogP contribution in [0.1, 0.15) is 42.5 Å². The molecule has 0 aliphatic carbocycles. The van der Waals surface area contributed by atoms with E-state index < -0.39 is 0 Å². The smallest absolute Gasteiger partial charge is 0.253 e. The van der Waals surface area contributed by atoms with E-state index in [9.17, 15) is 4.79 Å². The van der Waals surface area contributed by atoms with Gasteiger partial charge < -0.3 is 14.5 Å². The van der Waals surface area contributed by atoms with Gasteiger partial charge in [-0.05, 0) is 75.9 Å². The van der Waals surface area contributed by atoms with Crippen molar-refractivity contribution in [3.05, 3.63) is 47.5 Å². The van der Waals surface area contributed by atoms with E-state index in [-0.39, 0.29) is 5.91 Å². The molecule has 5 heteroatoms. The molecular weight excluding hydrogens is 360 g/mol. The lowest BCUT2D eigenvalue weighted by molar-refractivity contribution is 0.0648. The van der Waals surface area contributed by atoms with E-state index in [1.165, 1.54) is 0 Å². The third-order valence-corrected chi connectivity index (χ3v) is 5.43. The maximum Gasteiger partial charge on any atom is 0.253 e. The Morgan fingerprint density at radius 1 is 1.26 bits per heavy atom. The largest absolute Gasteiger partial charge is 0.381 e. The van der Waals surface area contributed by atoms with E-state index >= 15 is 0 Å². The molecule has 0 saturated carbocycles. The summed E-state index contributed by atoms with van der Waals surface area (Å²) in [6, 6.07) is 7.16. The number of likely N-dealkylation sites (tertiary alicyclic amines) is 1. The topological polar surface area (TPSA) is 32.8 Å². The van der Waals surface area contributed by atoms with Crippen LogP contribution in [0.15, 0.2) is 36.9 Å². The van der Waals surface area contributed by atoms with E-state index in [1.807, 2.05) is 11.0 Å². The van der Waals surface area contributed by atoms with Crippen LogP contribution >= 0.6 is 11.6 Å². The first kappa shape index (κ1) is 21.9. The standard InChI is InChI=1S/C22H33ClN2O2/c1-3-13-24(2)14-4-5-17-27-18-12-19-10-15-25(16-11-19)22(26)20-6-8-21(23)9-7-20/h3,6-9,19H,1,4-5,10-18H2,2H3. The Balaban J connectivity index is 1.54. The monoisotopic (exact) mass is 392 g/mol. The summed E-state index contributed by atoms with van der Waals surface area (Å²) in [6.07, 6.45) is 7.43. The molecule has 1 heterocycles. The number of rotatable bonds is 11. The van der Waals surface area contributed by atoms with Crippen LogP contribution < -0.4 is 0 Å². The normalized spacial score (nSPS) is 15.3. The maximum absolute atomic E-state index is 12.5. The van der Waals surface area contributed by atoms with Crippen LogP contribution in [0.4, 0.5) is 0 Å². The van der Waals surface area contributed by atoms with Gasteiger partial charge in [0.2, 0.25) is 0 Å². The highest BCUT2D eigenvalue weighted by molar-refractivity contribution is 6.30. The molecule has 0 unspecified atom stereocenters. The highest BCUT2D eigenvalue weighted by Crippen LogP contribution is 2.22. The Bertz CT molecular complexity index is 568.